The molecule has 6 nitrogen and oxygen atoms in total. The van der Waals surface area contributed by atoms with E-state index in [9.17, 15) is 9.59 Å². The number of nitrogens with zero attached hydrogens (tertiary/aromatic N) is 2. The van der Waals surface area contributed by atoms with Crippen LogP contribution in [0.5, 0.6) is 5.75 Å². The van der Waals surface area contributed by atoms with E-state index < -0.39 is 5.91 Å². The van der Waals surface area contributed by atoms with Crippen molar-refractivity contribution in [3.05, 3.63) is 75.0 Å². The Kier molecular flexibility index (Phi) is 4.79. The largest absolute Gasteiger partial charge is 0.482 e. The first-order chi connectivity index (χ1) is 13.1. The van der Waals surface area contributed by atoms with Crippen LogP contribution < -0.4 is 14.9 Å². The fourth-order valence-electron chi connectivity index (χ4n) is 2.68. The third kappa shape index (κ3) is 3.79. The minimum atomic E-state index is -0.395. The van der Waals surface area contributed by atoms with E-state index in [-0.39, 0.29) is 12.5 Å². The van der Waals surface area contributed by atoms with Crippen molar-refractivity contribution >= 4 is 40.4 Å². The zero-order valence-corrected chi connectivity index (χ0v) is 15.6. The second-order valence-electron chi connectivity index (χ2n) is 5.87. The van der Waals surface area contributed by atoms with Gasteiger partial charge in [0.15, 0.2) is 11.4 Å². The SMILES string of the molecule is O=C1COc2ccc(C(=O)N=c3sccn3Cc3ccccc3Cl)cc2N1. The topological polar surface area (TPSA) is 72.7 Å². The predicted octanol–water partition coefficient (Wildman–Crippen LogP) is 3.32. The van der Waals surface area contributed by atoms with Crippen LogP contribution in [0.1, 0.15) is 15.9 Å². The van der Waals surface area contributed by atoms with Gasteiger partial charge in [0.05, 0.1) is 12.2 Å². The molecule has 0 aliphatic carbocycles. The summed E-state index contributed by atoms with van der Waals surface area (Å²) in [5.41, 5.74) is 1.79. The summed E-state index contributed by atoms with van der Waals surface area (Å²) in [5.74, 6) is -0.107. The fourth-order valence-corrected chi connectivity index (χ4v) is 3.61. The molecular weight excluding hydrogens is 386 g/mol. The molecule has 1 aliphatic heterocycles. The summed E-state index contributed by atoms with van der Waals surface area (Å²) < 4.78 is 7.17. The molecule has 4 rings (SSSR count). The normalized spacial score (nSPS) is 13.7. The summed E-state index contributed by atoms with van der Waals surface area (Å²) in [4.78, 5) is 28.8. The van der Waals surface area contributed by atoms with Crippen LogP contribution in [0.2, 0.25) is 5.02 Å². The van der Waals surface area contributed by atoms with Gasteiger partial charge in [-0.2, -0.15) is 4.99 Å². The van der Waals surface area contributed by atoms with E-state index in [0.717, 1.165) is 5.56 Å². The van der Waals surface area contributed by atoms with E-state index in [4.69, 9.17) is 16.3 Å². The maximum Gasteiger partial charge on any atom is 0.279 e. The van der Waals surface area contributed by atoms with Crippen molar-refractivity contribution in [3.63, 3.8) is 0 Å². The Labute approximate surface area is 163 Å². The van der Waals surface area contributed by atoms with Crippen LogP contribution in [0.25, 0.3) is 0 Å². The molecule has 27 heavy (non-hydrogen) atoms. The standard InChI is InChI=1S/C19H14ClN3O3S/c20-14-4-2-1-3-13(14)10-23-7-8-27-19(23)22-18(25)12-5-6-16-15(9-12)21-17(24)11-26-16/h1-9H,10-11H2,(H,21,24). The Morgan fingerprint density at radius 3 is 3.00 bits per heavy atom. The second-order valence-corrected chi connectivity index (χ2v) is 7.15. The summed E-state index contributed by atoms with van der Waals surface area (Å²) in [6.45, 7) is 0.491. The number of amides is 2. The van der Waals surface area contributed by atoms with Crippen molar-refractivity contribution in [1.29, 1.82) is 0 Å². The van der Waals surface area contributed by atoms with Crippen LogP contribution >= 0.6 is 22.9 Å². The quantitative estimate of drug-likeness (QED) is 0.734. The van der Waals surface area contributed by atoms with Crippen LogP contribution in [0.15, 0.2) is 59.0 Å². The molecule has 3 aromatic rings. The van der Waals surface area contributed by atoms with Gasteiger partial charge in [0, 0.05) is 22.2 Å². The van der Waals surface area contributed by atoms with Gasteiger partial charge in [-0.1, -0.05) is 29.8 Å². The average molecular weight is 400 g/mol. The zero-order chi connectivity index (χ0) is 18.8. The molecule has 0 spiro atoms. The highest BCUT2D eigenvalue weighted by atomic mass is 35.5. The number of carbonyl (C=O) groups excluding carboxylic acids is 2. The highest BCUT2D eigenvalue weighted by molar-refractivity contribution is 7.07. The van der Waals surface area contributed by atoms with Gasteiger partial charge < -0.3 is 14.6 Å². The summed E-state index contributed by atoms with van der Waals surface area (Å²) in [5, 5.41) is 5.22. The summed E-state index contributed by atoms with van der Waals surface area (Å²) in [6.07, 6.45) is 1.86. The predicted molar refractivity (Wildman–Crippen MR) is 103 cm³/mol. The molecular formula is C19H14ClN3O3S. The number of carbonyl (C=O) groups is 2. The van der Waals surface area contributed by atoms with Crippen LogP contribution in [-0.4, -0.2) is 23.0 Å². The van der Waals surface area contributed by atoms with Gasteiger partial charge in [-0.3, -0.25) is 9.59 Å². The highest BCUT2D eigenvalue weighted by Crippen LogP contribution is 2.28. The molecule has 1 N–H and O–H groups in total. The summed E-state index contributed by atoms with van der Waals surface area (Å²) in [7, 11) is 0. The smallest absolute Gasteiger partial charge is 0.279 e. The van der Waals surface area contributed by atoms with Crippen LogP contribution in [-0.2, 0) is 11.3 Å². The van der Waals surface area contributed by atoms with Crippen molar-refractivity contribution < 1.29 is 14.3 Å². The zero-order valence-electron chi connectivity index (χ0n) is 14.0. The molecule has 0 saturated carbocycles. The third-order valence-electron chi connectivity index (χ3n) is 4.02. The minimum Gasteiger partial charge on any atom is -0.482 e. The van der Waals surface area contributed by atoms with Crippen molar-refractivity contribution in [2.24, 2.45) is 4.99 Å². The molecule has 1 aliphatic rings. The number of thiazole rings is 1. The Morgan fingerprint density at radius 2 is 2.15 bits per heavy atom. The third-order valence-corrected chi connectivity index (χ3v) is 5.18. The van der Waals surface area contributed by atoms with Crippen molar-refractivity contribution in [2.45, 2.75) is 6.54 Å². The number of fused-ring (bicyclic) bond motifs is 1. The van der Waals surface area contributed by atoms with E-state index in [0.29, 0.717) is 33.4 Å². The number of aromatic nitrogens is 1. The van der Waals surface area contributed by atoms with Crippen molar-refractivity contribution in [3.8, 4) is 5.75 Å². The van der Waals surface area contributed by atoms with Gasteiger partial charge in [-0.25, -0.2) is 0 Å². The highest BCUT2D eigenvalue weighted by Gasteiger charge is 2.17. The maximum atomic E-state index is 12.6. The van der Waals surface area contributed by atoms with Crippen molar-refractivity contribution in [1.82, 2.24) is 4.57 Å². The van der Waals surface area contributed by atoms with E-state index >= 15 is 0 Å². The molecule has 0 saturated heterocycles. The van der Waals surface area contributed by atoms with Gasteiger partial charge in [-0.15, -0.1) is 11.3 Å². The lowest BCUT2D eigenvalue weighted by molar-refractivity contribution is -0.118. The lowest BCUT2D eigenvalue weighted by atomic mass is 10.1. The van der Waals surface area contributed by atoms with E-state index in [2.05, 4.69) is 10.3 Å². The number of ether oxygens (including phenoxy) is 1. The second kappa shape index (κ2) is 7.38. The number of hydrogen-bond donors (Lipinski definition) is 1. The lowest BCUT2D eigenvalue weighted by Crippen LogP contribution is -2.25. The molecule has 0 fully saturated rings. The molecule has 0 bridgehead atoms. The Bertz CT molecular complexity index is 1100. The number of anilines is 1. The summed E-state index contributed by atoms with van der Waals surface area (Å²) >= 11 is 7.59. The average Bonchev–Trinajstić information content (AvgIpc) is 3.09. The first kappa shape index (κ1) is 17.5. The van der Waals surface area contributed by atoms with E-state index in [1.54, 1.807) is 18.2 Å². The first-order valence-corrected chi connectivity index (χ1v) is 9.39. The van der Waals surface area contributed by atoms with E-state index in [1.165, 1.54) is 11.3 Å². The van der Waals surface area contributed by atoms with Crippen molar-refractivity contribution in [2.75, 3.05) is 11.9 Å². The van der Waals surface area contributed by atoms with Crippen LogP contribution in [0.3, 0.4) is 0 Å². The number of rotatable bonds is 3. The molecule has 2 amide bonds. The molecule has 8 heteroatoms. The number of halogens is 1. The Balaban J connectivity index is 1.62. The Hall–Kier alpha value is -2.90. The molecule has 2 aromatic carbocycles. The number of benzene rings is 2. The molecule has 1 aromatic heterocycles. The molecule has 0 atom stereocenters. The van der Waals surface area contributed by atoms with Gasteiger partial charge in [0.1, 0.15) is 5.75 Å². The first-order valence-electron chi connectivity index (χ1n) is 8.13. The monoisotopic (exact) mass is 399 g/mol. The fraction of sp³-hybridized carbons (Fsp3) is 0.105. The van der Waals surface area contributed by atoms with Gasteiger partial charge in [-0.05, 0) is 29.8 Å². The maximum absolute atomic E-state index is 12.6. The molecule has 0 unspecified atom stereocenters. The minimum absolute atomic E-state index is 0.0259. The van der Waals surface area contributed by atoms with Gasteiger partial charge >= 0.3 is 0 Å². The molecule has 0 radical (unpaired) electrons. The van der Waals surface area contributed by atoms with Gasteiger partial charge in [0.2, 0.25) is 0 Å². The molecule has 136 valence electrons. The Morgan fingerprint density at radius 1 is 1.30 bits per heavy atom. The molecule has 2 heterocycles. The number of nitrogens with one attached hydrogen (secondary N) is 1. The van der Waals surface area contributed by atoms with E-state index in [1.807, 2.05) is 40.4 Å². The lowest BCUT2D eigenvalue weighted by Gasteiger charge is -2.17. The summed E-state index contributed by atoms with van der Waals surface area (Å²) in [6, 6.07) is 12.4. The number of hydrogen-bond acceptors (Lipinski definition) is 4. The van der Waals surface area contributed by atoms with Gasteiger partial charge in [0.25, 0.3) is 11.8 Å². The van der Waals surface area contributed by atoms with Crippen LogP contribution in [0, 0.1) is 0 Å². The van der Waals surface area contributed by atoms with Crippen LogP contribution in [0.4, 0.5) is 5.69 Å².